The summed E-state index contributed by atoms with van der Waals surface area (Å²) in [5.41, 5.74) is 2.90. The van der Waals surface area contributed by atoms with Gasteiger partial charge in [0.05, 0.1) is 5.56 Å². The molecule has 0 atom stereocenters. The highest BCUT2D eigenvalue weighted by Crippen LogP contribution is 2.15. The highest BCUT2D eigenvalue weighted by atomic mass is 16.2. The van der Waals surface area contributed by atoms with Crippen LogP contribution in [0.1, 0.15) is 21.5 Å². The minimum absolute atomic E-state index is 0.189. The Morgan fingerprint density at radius 1 is 1.40 bits per heavy atom. The molecule has 0 fully saturated rings. The SMILES string of the molecule is Cc1cc(C#CCO)cc(NC(=O)c2cccnc2)c1. The van der Waals surface area contributed by atoms with Gasteiger partial charge in [-0.05, 0) is 42.8 Å². The van der Waals surface area contributed by atoms with Gasteiger partial charge < -0.3 is 10.4 Å². The molecule has 2 N–H and O–H groups in total. The summed E-state index contributed by atoms with van der Waals surface area (Å²) in [6.07, 6.45) is 3.13. The lowest BCUT2D eigenvalue weighted by atomic mass is 10.1. The predicted octanol–water partition coefficient (Wildman–Crippen LogP) is 1.99. The molecule has 0 aliphatic carbocycles. The van der Waals surface area contributed by atoms with Gasteiger partial charge in [-0.25, -0.2) is 0 Å². The van der Waals surface area contributed by atoms with E-state index in [0.717, 1.165) is 11.1 Å². The Hall–Kier alpha value is -2.64. The standard InChI is InChI=1S/C16H14N2O2/c1-12-8-13(4-3-7-19)10-15(9-12)18-16(20)14-5-2-6-17-11-14/h2,5-6,8-11,19H,7H2,1H3,(H,18,20). The number of aryl methyl sites for hydroxylation is 1. The monoisotopic (exact) mass is 266 g/mol. The second-order valence-corrected chi connectivity index (χ2v) is 4.24. The van der Waals surface area contributed by atoms with Crippen molar-refractivity contribution in [2.45, 2.75) is 6.92 Å². The number of carbonyl (C=O) groups is 1. The third kappa shape index (κ3) is 3.67. The van der Waals surface area contributed by atoms with Gasteiger partial charge in [0.25, 0.3) is 5.91 Å². The average Bonchev–Trinajstić information content (AvgIpc) is 2.45. The molecule has 2 rings (SSSR count). The predicted molar refractivity (Wildman–Crippen MR) is 77.3 cm³/mol. The van der Waals surface area contributed by atoms with Gasteiger partial charge in [0.15, 0.2) is 0 Å². The molecule has 0 radical (unpaired) electrons. The number of aromatic nitrogens is 1. The van der Waals surface area contributed by atoms with Gasteiger partial charge in [0.2, 0.25) is 0 Å². The first kappa shape index (κ1) is 13.8. The van der Waals surface area contributed by atoms with E-state index >= 15 is 0 Å². The number of anilines is 1. The molecular weight excluding hydrogens is 252 g/mol. The van der Waals surface area contributed by atoms with E-state index in [1.54, 1.807) is 24.4 Å². The fourth-order valence-corrected chi connectivity index (χ4v) is 1.77. The van der Waals surface area contributed by atoms with E-state index in [1.165, 1.54) is 6.20 Å². The van der Waals surface area contributed by atoms with Gasteiger partial charge in [-0.15, -0.1) is 0 Å². The van der Waals surface area contributed by atoms with Crippen molar-refractivity contribution < 1.29 is 9.90 Å². The number of nitrogens with zero attached hydrogens (tertiary/aromatic N) is 1. The number of pyridine rings is 1. The van der Waals surface area contributed by atoms with Crippen molar-refractivity contribution in [1.82, 2.24) is 4.98 Å². The molecule has 4 nitrogen and oxygen atoms in total. The molecule has 0 bridgehead atoms. The maximum absolute atomic E-state index is 12.0. The molecule has 1 aromatic carbocycles. The van der Waals surface area contributed by atoms with Crippen LogP contribution in [0.25, 0.3) is 0 Å². The number of rotatable bonds is 2. The molecule has 20 heavy (non-hydrogen) atoms. The van der Waals surface area contributed by atoms with Crippen LogP contribution in [0.15, 0.2) is 42.7 Å². The van der Waals surface area contributed by atoms with Crippen LogP contribution >= 0.6 is 0 Å². The van der Waals surface area contributed by atoms with E-state index < -0.39 is 0 Å². The maximum atomic E-state index is 12.0. The van der Waals surface area contributed by atoms with Crippen molar-refractivity contribution in [1.29, 1.82) is 0 Å². The quantitative estimate of drug-likeness (QED) is 0.817. The number of aliphatic hydroxyl groups excluding tert-OH is 1. The van der Waals surface area contributed by atoms with Crippen LogP contribution in [0.5, 0.6) is 0 Å². The van der Waals surface area contributed by atoms with Gasteiger partial charge in [0.1, 0.15) is 6.61 Å². The molecule has 100 valence electrons. The van der Waals surface area contributed by atoms with E-state index in [4.69, 9.17) is 5.11 Å². The van der Waals surface area contributed by atoms with Gasteiger partial charge in [-0.2, -0.15) is 0 Å². The smallest absolute Gasteiger partial charge is 0.257 e. The zero-order valence-corrected chi connectivity index (χ0v) is 11.1. The Morgan fingerprint density at radius 3 is 2.95 bits per heavy atom. The molecule has 0 saturated heterocycles. The number of nitrogens with one attached hydrogen (secondary N) is 1. The third-order valence-corrected chi connectivity index (χ3v) is 2.57. The molecule has 0 saturated carbocycles. The molecule has 0 aliphatic rings. The first-order chi connectivity index (χ1) is 9.69. The zero-order valence-electron chi connectivity index (χ0n) is 11.1. The molecule has 0 spiro atoms. The van der Waals surface area contributed by atoms with Crippen molar-refractivity contribution in [3.05, 3.63) is 59.4 Å². The van der Waals surface area contributed by atoms with E-state index in [0.29, 0.717) is 11.3 Å². The largest absolute Gasteiger partial charge is 0.384 e. The first-order valence-corrected chi connectivity index (χ1v) is 6.12. The normalized spacial score (nSPS) is 9.50. The number of carbonyl (C=O) groups excluding carboxylic acids is 1. The molecule has 4 heteroatoms. The van der Waals surface area contributed by atoms with Crippen LogP contribution < -0.4 is 5.32 Å². The zero-order chi connectivity index (χ0) is 14.4. The summed E-state index contributed by atoms with van der Waals surface area (Å²) in [6.45, 7) is 1.73. The molecular formula is C16H14N2O2. The second-order valence-electron chi connectivity index (χ2n) is 4.24. The summed E-state index contributed by atoms with van der Waals surface area (Å²) >= 11 is 0. The van der Waals surface area contributed by atoms with Gasteiger partial charge in [-0.3, -0.25) is 9.78 Å². The fourth-order valence-electron chi connectivity index (χ4n) is 1.77. The maximum Gasteiger partial charge on any atom is 0.257 e. The van der Waals surface area contributed by atoms with Crippen LogP contribution in [0.2, 0.25) is 0 Å². The van der Waals surface area contributed by atoms with Crippen LogP contribution in [0.4, 0.5) is 5.69 Å². The van der Waals surface area contributed by atoms with Crippen LogP contribution in [-0.4, -0.2) is 22.6 Å². The average molecular weight is 266 g/mol. The lowest BCUT2D eigenvalue weighted by Crippen LogP contribution is -2.12. The first-order valence-electron chi connectivity index (χ1n) is 6.12. The minimum Gasteiger partial charge on any atom is -0.384 e. The van der Waals surface area contributed by atoms with Crippen molar-refractivity contribution >= 4 is 11.6 Å². The Balaban J connectivity index is 2.21. The van der Waals surface area contributed by atoms with Crippen molar-refractivity contribution in [3.8, 4) is 11.8 Å². The summed E-state index contributed by atoms with van der Waals surface area (Å²) < 4.78 is 0. The Labute approximate surface area is 117 Å². The summed E-state index contributed by atoms with van der Waals surface area (Å²) in [7, 11) is 0. The highest BCUT2D eigenvalue weighted by Gasteiger charge is 2.06. The summed E-state index contributed by atoms with van der Waals surface area (Å²) in [4.78, 5) is 15.9. The number of aliphatic hydroxyl groups is 1. The molecule has 0 unspecified atom stereocenters. The van der Waals surface area contributed by atoms with Crippen LogP contribution in [-0.2, 0) is 0 Å². The lowest BCUT2D eigenvalue weighted by Gasteiger charge is -2.07. The molecule has 1 heterocycles. The number of hydrogen-bond acceptors (Lipinski definition) is 3. The Morgan fingerprint density at radius 2 is 2.25 bits per heavy atom. The summed E-state index contributed by atoms with van der Waals surface area (Å²) in [5, 5.41) is 11.5. The number of amides is 1. The number of benzene rings is 1. The van der Waals surface area contributed by atoms with Gasteiger partial charge in [-0.1, -0.05) is 11.8 Å². The van der Waals surface area contributed by atoms with Gasteiger partial charge >= 0.3 is 0 Å². The molecule has 1 amide bonds. The van der Waals surface area contributed by atoms with Crippen molar-refractivity contribution in [3.63, 3.8) is 0 Å². The Kier molecular flexibility index (Phi) is 4.48. The Bertz CT molecular complexity index is 670. The lowest BCUT2D eigenvalue weighted by molar-refractivity contribution is 0.102. The van der Waals surface area contributed by atoms with Crippen molar-refractivity contribution in [2.24, 2.45) is 0 Å². The van der Waals surface area contributed by atoms with E-state index in [1.807, 2.05) is 19.1 Å². The molecule has 0 aliphatic heterocycles. The summed E-state index contributed by atoms with van der Waals surface area (Å²) in [5.74, 6) is 5.19. The number of hydrogen-bond donors (Lipinski definition) is 2. The van der Waals surface area contributed by atoms with E-state index in [2.05, 4.69) is 22.1 Å². The van der Waals surface area contributed by atoms with Gasteiger partial charge in [0, 0.05) is 23.6 Å². The topological polar surface area (TPSA) is 62.2 Å². The van der Waals surface area contributed by atoms with E-state index in [9.17, 15) is 4.79 Å². The second kappa shape index (κ2) is 6.50. The molecule has 2 aromatic rings. The van der Waals surface area contributed by atoms with Crippen LogP contribution in [0.3, 0.4) is 0 Å². The minimum atomic E-state index is -0.218. The van der Waals surface area contributed by atoms with Crippen LogP contribution in [0, 0.1) is 18.8 Å². The highest BCUT2D eigenvalue weighted by molar-refractivity contribution is 6.04. The summed E-state index contributed by atoms with van der Waals surface area (Å²) in [6, 6.07) is 8.93. The van der Waals surface area contributed by atoms with Crippen molar-refractivity contribution in [2.75, 3.05) is 11.9 Å². The third-order valence-electron chi connectivity index (χ3n) is 2.57. The van der Waals surface area contributed by atoms with E-state index in [-0.39, 0.29) is 12.5 Å². The fraction of sp³-hybridized carbons (Fsp3) is 0.125. The molecule has 1 aromatic heterocycles.